The molecule has 0 saturated carbocycles. The smallest absolute Gasteiger partial charge is 0.224 e. The third-order valence-electron chi connectivity index (χ3n) is 4.31. The van der Waals surface area contributed by atoms with Crippen LogP contribution in [-0.2, 0) is 9.59 Å². The van der Waals surface area contributed by atoms with Crippen molar-refractivity contribution in [3.05, 3.63) is 29.6 Å². The number of nitrogens with zero attached hydrogens (tertiary/aromatic N) is 1. The highest BCUT2D eigenvalue weighted by Crippen LogP contribution is 2.23. The van der Waals surface area contributed by atoms with Crippen molar-refractivity contribution >= 4 is 17.5 Å². The molecule has 0 unspecified atom stereocenters. The molecule has 0 atom stereocenters. The first-order valence-corrected chi connectivity index (χ1v) is 7.78. The molecule has 1 saturated heterocycles. The van der Waals surface area contributed by atoms with Gasteiger partial charge in [0.05, 0.1) is 5.69 Å². The van der Waals surface area contributed by atoms with Gasteiger partial charge in [0.1, 0.15) is 5.82 Å². The summed E-state index contributed by atoms with van der Waals surface area (Å²) in [6, 6.07) is 4.98. The first kappa shape index (κ1) is 16.5. The number of amides is 2. The summed E-state index contributed by atoms with van der Waals surface area (Å²) in [4.78, 5) is 25.1. The van der Waals surface area contributed by atoms with E-state index < -0.39 is 0 Å². The fourth-order valence-electron chi connectivity index (χ4n) is 2.83. The average molecular weight is 306 g/mol. The SMILES string of the molecule is CC(=O)N1CCC(CCC(=O)Nc2cccc(C)c2F)CC1. The highest BCUT2D eigenvalue weighted by Gasteiger charge is 2.21. The van der Waals surface area contributed by atoms with Crippen LogP contribution >= 0.6 is 0 Å². The lowest BCUT2D eigenvalue weighted by molar-refractivity contribution is -0.130. The van der Waals surface area contributed by atoms with Crippen LogP contribution in [0.4, 0.5) is 10.1 Å². The molecular formula is C17H23FN2O2. The number of nitrogens with one attached hydrogen (secondary N) is 1. The molecule has 1 aliphatic heterocycles. The fraction of sp³-hybridized carbons (Fsp3) is 0.529. The Bertz CT molecular complexity index is 552. The van der Waals surface area contributed by atoms with E-state index in [4.69, 9.17) is 0 Å². The van der Waals surface area contributed by atoms with Crippen LogP contribution in [-0.4, -0.2) is 29.8 Å². The molecule has 1 fully saturated rings. The summed E-state index contributed by atoms with van der Waals surface area (Å²) in [5, 5.41) is 2.64. The first-order valence-electron chi connectivity index (χ1n) is 7.78. The summed E-state index contributed by atoms with van der Waals surface area (Å²) < 4.78 is 13.8. The Hall–Kier alpha value is -1.91. The Morgan fingerprint density at radius 3 is 2.64 bits per heavy atom. The lowest BCUT2D eigenvalue weighted by atomic mass is 9.92. The molecule has 1 aliphatic rings. The van der Waals surface area contributed by atoms with Crippen LogP contribution in [0, 0.1) is 18.7 Å². The van der Waals surface area contributed by atoms with E-state index in [0.29, 0.717) is 17.9 Å². The van der Waals surface area contributed by atoms with Gasteiger partial charge in [-0.2, -0.15) is 0 Å². The van der Waals surface area contributed by atoms with Gasteiger partial charge in [-0.05, 0) is 43.7 Å². The molecule has 0 aliphatic carbocycles. The van der Waals surface area contributed by atoms with E-state index in [2.05, 4.69) is 5.32 Å². The molecule has 4 nitrogen and oxygen atoms in total. The van der Waals surface area contributed by atoms with Crippen LogP contribution in [0.2, 0.25) is 0 Å². The van der Waals surface area contributed by atoms with E-state index in [1.807, 2.05) is 4.90 Å². The summed E-state index contributed by atoms with van der Waals surface area (Å²) in [5.41, 5.74) is 0.769. The predicted octanol–water partition coefficient (Wildman–Crippen LogP) is 3.11. The van der Waals surface area contributed by atoms with Crippen LogP contribution in [0.5, 0.6) is 0 Å². The number of carbonyl (C=O) groups excluding carboxylic acids is 2. The van der Waals surface area contributed by atoms with Crippen molar-refractivity contribution in [1.29, 1.82) is 0 Å². The highest BCUT2D eigenvalue weighted by molar-refractivity contribution is 5.90. The highest BCUT2D eigenvalue weighted by atomic mass is 19.1. The van der Waals surface area contributed by atoms with Gasteiger partial charge in [0.15, 0.2) is 0 Å². The van der Waals surface area contributed by atoms with Crippen LogP contribution < -0.4 is 5.32 Å². The Balaban J connectivity index is 1.77. The van der Waals surface area contributed by atoms with Crippen LogP contribution in [0.15, 0.2) is 18.2 Å². The molecule has 0 radical (unpaired) electrons. The lowest BCUT2D eigenvalue weighted by Crippen LogP contribution is -2.37. The van der Waals surface area contributed by atoms with Crippen molar-refractivity contribution in [2.75, 3.05) is 18.4 Å². The van der Waals surface area contributed by atoms with Crippen molar-refractivity contribution < 1.29 is 14.0 Å². The Morgan fingerprint density at radius 1 is 1.32 bits per heavy atom. The van der Waals surface area contributed by atoms with Gasteiger partial charge in [-0.25, -0.2) is 4.39 Å². The standard InChI is InChI=1S/C17H23FN2O2/c1-12-4-3-5-15(17(12)18)19-16(22)7-6-14-8-10-20(11-9-14)13(2)21/h3-5,14H,6-11H2,1-2H3,(H,19,22). The second-order valence-corrected chi connectivity index (χ2v) is 5.97. The van der Waals surface area contributed by atoms with E-state index >= 15 is 0 Å². The van der Waals surface area contributed by atoms with Crippen molar-refractivity contribution in [1.82, 2.24) is 4.90 Å². The number of hydrogen-bond acceptors (Lipinski definition) is 2. The molecule has 0 spiro atoms. The molecule has 1 heterocycles. The van der Waals surface area contributed by atoms with Crippen molar-refractivity contribution in [2.45, 2.75) is 39.5 Å². The minimum atomic E-state index is -0.370. The van der Waals surface area contributed by atoms with E-state index in [1.165, 1.54) is 0 Å². The van der Waals surface area contributed by atoms with Gasteiger partial charge in [-0.1, -0.05) is 12.1 Å². The van der Waals surface area contributed by atoms with E-state index in [9.17, 15) is 14.0 Å². The molecule has 1 N–H and O–H groups in total. The monoisotopic (exact) mass is 306 g/mol. The summed E-state index contributed by atoms with van der Waals surface area (Å²) in [7, 11) is 0. The van der Waals surface area contributed by atoms with Gasteiger partial charge in [0.2, 0.25) is 11.8 Å². The lowest BCUT2D eigenvalue weighted by Gasteiger charge is -2.31. The number of likely N-dealkylation sites (tertiary alicyclic amines) is 1. The quantitative estimate of drug-likeness (QED) is 0.929. The number of hydrogen-bond donors (Lipinski definition) is 1. The molecule has 0 aromatic heterocycles. The van der Waals surface area contributed by atoms with Gasteiger partial charge < -0.3 is 10.2 Å². The third-order valence-corrected chi connectivity index (χ3v) is 4.31. The van der Waals surface area contributed by atoms with Gasteiger partial charge in [-0.15, -0.1) is 0 Å². The number of rotatable bonds is 4. The normalized spacial score (nSPS) is 15.7. The molecule has 2 amide bonds. The van der Waals surface area contributed by atoms with Gasteiger partial charge in [0, 0.05) is 26.4 Å². The number of anilines is 1. The zero-order chi connectivity index (χ0) is 16.1. The number of halogens is 1. The molecule has 1 aromatic carbocycles. The van der Waals surface area contributed by atoms with Crippen molar-refractivity contribution in [3.8, 4) is 0 Å². The zero-order valence-electron chi connectivity index (χ0n) is 13.2. The Kier molecular flexibility index (Phi) is 5.52. The van der Waals surface area contributed by atoms with Crippen molar-refractivity contribution in [2.24, 2.45) is 5.92 Å². The summed E-state index contributed by atoms with van der Waals surface area (Å²) in [6.45, 7) is 4.81. The van der Waals surface area contributed by atoms with Crippen LogP contribution in [0.1, 0.15) is 38.2 Å². The van der Waals surface area contributed by atoms with E-state index in [0.717, 1.165) is 32.4 Å². The summed E-state index contributed by atoms with van der Waals surface area (Å²) >= 11 is 0. The molecule has 5 heteroatoms. The topological polar surface area (TPSA) is 49.4 Å². The second-order valence-electron chi connectivity index (χ2n) is 5.97. The number of benzene rings is 1. The minimum Gasteiger partial charge on any atom is -0.343 e. The van der Waals surface area contributed by atoms with Crippen molar-refractivity contribution in [3.63, 3.8) is 0 Å². The van der Waals surface area contributed by atoms with Crippen LogP contribution in [0.25, 0.3) is 0 Å². The average Bonchev–Trinajstić information content (AvgIpc) is 2.50. The number of piperidine rings is 1. The summed E-state index contributed by atoms with van der Waals surface area (Å²) in [6.07, 6.45) is 3.04. The molecular weight excluding hydrogens is 283 g/mol. The van der Waals surface area contributed by atoms with Gasteiger partial charge in [-0.3, -0.25) is 9.59 Å². The van der Waals surface area contributed by atoms with E-state index in [1.54, 1.807) is 32.0 Å². The summed E-state index contributed by atoms with van der Waals surface area (Å²) in [5.74, 6) is 0.0546. The Labute approximate surface area is 130 Å². The maximum Gasteiger partial charge on any atom is 0.224 e. The third kappa shape index (κ3) is 4.29. The Morgan fingerprint density at radius 2 is 2.00 bits per heavy atom. The molecule has 2 rings (SSSR count). The fourth-order valence-corrected chi connectivity index (χ4v) is 2.83. The number of carbonyl (C=O) groups is 2. The molecule has 0 bridgehead atoms. The van der Waals surface area contributed by atoms with E-state index in [-0.39, 0.29) is 23.3 Å². The predicted molar refractivity (Wildman–Crippen MR) is 84.0 cm³/mol. The van der Waals surface area contributed by atoms with Crippen LogP contribution in [0.3, 0.4) is 0 Å². The second kappa shape index (κ2) is 7.38. The maximum atomic E-state index is 13.8. The van der Waals surface area contributed by atoms with Gasteiger partial charge >= 0.3 is 0 Å². The molecule has 1 aromatic rings. The maximum absolute atomic E-state index is 13.8. The molecule has 22 heavy (non-hydrogen) atoms. The zero-order valence-corrected chi connectivity index (χ0v) is 13.2. The minimum absolute atomic E-state index is 0.117. The van der Waals surface area contributed by atoms with Gasteiger partial charge in [0.25, 0.3) is 0 Å². The first-order chi connectivity index (χ1) is 10.5. The number of aryl methyl sites for hydroxylation is 1. The molecule has 120 valence electrons. The largest absolute Gasteiger partial charge is 0.343 e.